The minimum atomic E-state index is -0.673. The van der Waals surface area contributed by atoms with Crippen molar-refractivity contribution in [3.05, 3.63) is 58.8 Å². The van der Waals surface area contributed by atoms with Crippen LogP contribution in [0.2, 0.25) is 0 Å². The van der Waals surface area contributed by atoms with E-state index in [2.05, 4.69) is 5.32 Å². The van der Waals surface area contributed by atoms with Crippen LogP contribution in [0.3, 0.4) is 0 Å². The maximum Gasteiger partial charge on any atom is 0.283 e. The lowest BCUT2D eigenvalue weighted by Gasteiger charge is -2.20. The van der Waals surface area contributed by atoms with Gasteiger partial charge in [-0.05, 0) is 49.2 Å². The Balaban J connectivity index is 1.53. The smallest absolute Gasteiger partial charge is 0.283 e. The van der Waals surface area contributed by atoms with Gasteiger partial charge in [-0.3, -0.25) is 14.4 Å². The van der Waals surface area contributed by atoms with Gasteiger partial charge in [0.05, 0.1) is 19.9 Å². The molecule has 34 heavy (non-hydrogen) atoms. The van der Waals surface area contributed by atoms with Crippen LogP contribution in [0.1, 0.15) is 36.0 Å². The molecule has 2 aromatic carbocycles. The van der Waals surface area contributed by atoms with Crippen LogP contribution >= 0.6 is 11.6 Å². The number of carbonyl (C=O) groups is 3. The van der Waals surface area contributed by atoms with Crippen molar-refractivity contribution in [1.82, 2.24) is 4.90 Å². The molecule has 1 N–H and O–H groups in total. The number of likely N-dealkylation sites (tertiary alicyclic amines) is 1. The van der Waals surface area contributed by atoms with E-state index in [0.29, 0.717) is 22.7 Å². The fraction of sp³-hybridized carbons (Fsp3) is 0.320. The first-order valence-electron chi connectivity index (χ1n) is 11.1. The Kier molecular flexibility index (Phi) is 7.07. The highest BCUT2D eigenvalue weighted by Gasteiger charge is 2.40. The Morgan fingerprint density at radius 3 is 2.21 bits per heavy atom. The Hall–Kier alpha value is -3.52. The van der Waals surface area contributed by atoms with Crippen LogP contribution in [0.5, 0.6) is 11.5 Å². The van der Waals surface area contributed by atoms with Crippen molar-refractivity contribution in [2.45, 2.75) is 25.7 Å². The van der Waals surface area contributed by atoms with E-state index in [1.807, 2.05) is 4.90 Å². The molecule has 2 aromatic rings. The summed E-state index contributed by atoms with van der Waals surface area (Å²) in [5.74, 6) is -0.516. The molecule has 4 rings (SSSR count). The van der Waals surface area contributed by atoms with Crippen LogP contribution < -0.4 is 19.7 Å². The topological polar surface area (TPSA) is 88.2 Å². The third-order valence-electron chi connectivity index (χ3n) is 5.95. The molecule has 0 atom stereocenters. The minimum Gasteiger partial charge on any atom is -0.497 e. The fourth-order valence-corrected chi connectivity index (χ4v) is 4.31. The maximum atomic E-state index is 13.2. The summed E-state index contributed by atoms with van der Waals surface area (Å²) in [7, 11) is 2.93. The Labute approximate surface area is 203 Å². The highest BCUT2D eigenvalue weighted by molar-refractivity contribution is 6.53. The first-order valence-corrected chi connectivity index (χ1v) is 11.5. The van der Waals surface area contributed by atoms with E-state index in [1.165, 1.54) is 20.3 Å². The summed E-state index contributed by atoms with van der Waals surface area (Å²) < 4.78 is 10.5. The normalized spacial score (nSPS) is 16.6. The summed E-state index contributed by atoms with van der Waals surface area (Å²) >= 11 is 6.26. The van der Waals surface area contributed by atoms with E-state index in [-0.39, 0.29) is 22.3 Å². The number of nitrogens with one attached hydrogen (secondary N) is 1. The van der Waals surface area contributed by atoms with Crippen molar-refractivity contribution in [3.8, 4) is 11.5 Å². The lowest BCUT2D eigenvalue weighted by atomic mass is 10.1. The molecule has 2 aliphatic heterocycles. The van der Waals surface area contributed by atoms with Crippen LogP contribution in [0.25, 0.3) is 0 Å². The number of carbonyl (C=O) groups excluding carboxylic acids is 3. The van der Waals surface area contributed by atoms with Crippen molar-refractivity contribution in [2.24, 2.45) is 0 Å². The maximum absolute atomic E-state index is 13.2. The number of hydrogen-bond donors (Lipinski definition) is 1. The quantitative estimate of drug-likeness (QED) is 0.621. The molecule has 0 spiro atoms. The molecule has 0 aliphatic carbocycles. The van der Waals surface area contributed by atoms with Crippen LogP contribution in [0, 0.1) is 0 Å². The third kappa shape index (κ3) is 4.59. The summed E-state index contributed by atoms with van der Waals surface area (Å²) in [6.45, 7) is 1.53. The van der Waals surface area contributed by atoms with Gasteiger partial charge < -0.3 is 19.7 Å². The van der Waals surface area contributed by atoms with Crippen molar-refractivity contribution < 1.29 is 23.9 Å². The molecule has 0 unspecified atom stereocenters. The summed E-state index contributed by atoms with van der Waals surface area (Å²) in [6, 6.07) is 11.6. The minimum absolute atomic E-state index is 0.00545. The Bertz CT molecular complexity index is 1140. The van der Waals surface area contributed by atoms with E-state index in [9.17, 15) is 14.4 Å². The van der Waals surface area contributed by atoms with Gasteiger partial charge in [0.2, 0.25) is 0 Å². The standard InChI is InChI=1S/C25H26ClN3O5/c1-33-18-11-12-20(34-2)19(15-18)29-24(31)21(26)22(25(29)32)27-17-9-7-16(8-10-17)23(30)28-13-5-3-4-6-14-28/h7-12,15,27H,3-6,13-14H2,1-2H3. The van der Waals surface area contributed by atoms with Gasteiger partial charge >= 0.3 is 0 Å². The molecular formula is C25H26ClN3O5. The van der Waals surface area contributed by atoms with E-state index in [4.69, 9.17) is 21.1 Å². The van der Waals surface area contributed by atoms with Crippen molar-refractivity contribution in [1.29, 1.82) is 0 Å². The van der Waals surface area contributed by atoms with Crippen LogP contribution in [0.4, 0.5) is 11.4 Å². The van der Waals surface area contributed by atoms with Crippen LogP contribution in [0.15, 0.2) is 53.2 Å². The van der Waals surface area contributed by atoms with Gasteiger partial charge in [0.15, 0.2) is 0 Å². The van der Waals surface area contributed by atoms with E-state index >= 15 is 0 Å². The van der Waals surface area contributed by atoms with Crippen LogP contribution in [-0.2, 0) is 9.59 Å². The van der Waals surface area contributed by atoms with E-state index in [1.54, 1.807) is 36.4 Å². The summed E-state index contributed by atoms with van der Waals surface area (Å²) in [5.41, 5.74) is 1.28. The predicted molar refractivity (Wildman–Crippen MR) is 129 cm³/mol. The molecule has 8 nitrogen and oxygen atoms in total. The average Bonchev–Trinajstić information content (AvgIpc) is 3.06. The van der Waals surface area contributed by atoms with Crippen molar-refractivity contribution in [3.63, 3.8) is 0 Å². The SMILES string of the molecule is COc1ccc(OC)c(N2C(=O)C(Cl)=C(Nc3ccc(C(=O)N4CCCCCC4)cc3)C2=O)c1. The van der Waals surface area contributed by atoms with Gasteiger partial charge in [0.1, 0.15) is 22.2 Å². The molecule has 0 bridgehead atoms. The second-order valence-electron chi connectivity index (χ2n) is 8.08. The van der Waals surface area contributed by atoms with Gasteiger partial charge in [-0.2, -0.15) is 0 Å². The van der Waals surface area contributed by atoms with Gasteiger partial charge in [0, 0.05) is 30.4 Å². The second kappa shape index (κ2) is 10.2. The zero-order chi connectivity index (χ0) is 24.2. The van der Waals surface area contributed by atoms with Gasteiger partial charge in [-0.15, -0.1) is 0 Å². The molecule has 178 valence electrons. The summed E-state index contributed by atoms with van der Waals surface area (Å²) in [5, 5.41) is 2.69. The molecule has 1 saturated heterocycles. The monoisotopic (exact) mass is 483 g/mol. The average molecular weight is 484 g/mol. The number of nitrogens with zero attached hydrogens (tertiary/aromatic N) is 2. The number of halogens is 1. The van der Waals surface area contributed by atoms with Gasteiger partial charge in [-0.1, -0.05) is 24.4 Å². The first kappa shape index (κ1) is 23.6. The molecule has 2 aliphatic rings. The zero-order valence-corrected chi connectivity index (χ0v) is 19.9. The fourth-order valence-electron chi connectivity index (χ4n) is 4.10. The molecule has 1 fully saturated rings. The number of imide groups is 1. The lowest BCUT2D eigenvalue weighted by Crippen LogP contribution is -2.32. The predicted octanol–water partition coefficient (Wildman–Crippen LogP) is 4.16. The third-order valence-corrected chi connectivity index (χ3v) is 6.30. The number of amides is 3. The number of benzene rings is 2. The first-order chi connectivity index (χ1) is 16.4. The molecule has 0 radical (unpaired) electrons. The number of rotatable bonds is 6. The summed E-state index contributed by atoms with van der Waals surface area (Å²) in [4.78, 5) is 41.7. The highest BCUT2D eigenvalue weighted by Crippen LogP contribution is 2.38. The second-order valence-corrected chi connectivity index (χ2v) is 8.46. The molecule has 0 aromatic heterocycles. The van der Waals surface area contributed by atoms with Crippen LogP contribution in [-0.4, -0.2) is 49.9 Å². The molecular weight excluding hydrogens is 458 g/mol. The Morgan fingerprint density at radius 1 is 0.912 bits per heavy atom. The van der Waals surface area contributed by atoms with Gasteiger partial charge in [0.25, 0.3) is 17.7 Å². The number of hydrogen-bond acceptors (Lipinski definition) is 6. The lowest BCUT2D eigenvalue weighted by molar-refractivity contribution is -0.120. The number of ether oxygens (including phenoxy) is 2. The van der Waals surface area contributed by atoms with E-state index < -0.39 is 11.8 Å². The molecule has 0 saturated carbocycles. The zero-order valence-electron chi connectivity index (χ0n) is 19.1. The summed E-state index contributed by atoms with van der Waals surface area (Å²) in [6.07, 6.45) is 4.33. The van der Waals surface area contributed by atoms with Gasteiger partial charge in [-0.25, -0.2) is 4.90 Å². The van der Waals surface area contributed by atoms with Crippen molar-refractivity contribution in [2.75, 3.05) is 37.5 Å². The van der Waals surface area contributed by atoms with E-state index in [0.717, 1.165) is 43.7 Å². The van der Waals surface area contributed by atoms with Crippen molar-refractivity contribution >= 4 is 40.7 Å². The molecule has 3 amide bonds. The largest absolute Gasteiger partial charge is 0.497 e. The Morgan fingerprint density at radius 2 is 1.59 bits per heavy atom. The molecule has 9 heteroatoms. The number of methoxy groups -OCH3 is 2. The number of anilines is 2. The molecule has 2 heterocycles. The highest BCUT2D eigenvalue weighted by atomic mass is 35.5.